The molecule has 1 aliphatic heterocycles. The van der Waals surface area contributed by atoms with E-state index in [-0.39, 0.29) is 17.7 Å². The highest BCUT2D eigenvalue weighted by molar-refractivity contribution is 5.92. The fourth-order valence-electron chi connectivity index (χ4n) is 2.44. The van der Waals surface area contributed by atoms with Gasteiger partial charge in [-0.05, 0) is 36.6 Å². The molecule has 4 nitrogen and oxygen atoms in total. The minimum Gasteiger partial charge on any atom is -0.369 e. The largest absolute Gasteiger partial charge is 0.416 e. The SMILES string of the molecule is NC(=O)C1CCN(C(=O)C=Cc2ccc(C(F)(F)F)cc2)CC1. The molecule has 1 saturated heterocycles. The van der Waals surface area contributed by atoms with Gasteiger partial charge in [0.05, 0.1) is 5.56 Å². The van der Waals surface area contributed by atoms with Gasteiger partial charge in [0.1, 0.15) is 0 Å². The Kier molecular flexibility index (Phi) is 5.08. The average molecular weight is 326 g/mol. The normalized spacial score (nSPS) is 16.7. The highest BCUT2D eigenvalue weighted by Crippen LogP contribution is 2.29. The molecule has 124 valence electrons. The van der Waals surface area contributed by atoms with Gasteiger partial charge in [0, 0.05) is 25.1 Å². The van der Waals surface area contributed by atoms with Gasteiger partial charge in [-0.3, -0.25) is 9.59 Å². The molecule has 1 aromatic carbocycles. The number of primary amides is 1. The summed E-state index contributed by atoms with van der Waals surface area (Å²) in [4.78, 5) is 24.7. The van der Waals surface area contributed by atoms with Crippen molar-refractivity contribution in [2.24, 2.45) is 11.7 Å². The van der Waals surface area contributed by atoms with Gasteiger partial charge < -0.3 is 10.6 Å². The molecule has 0 aromatic heterocycles. The molecular weight excluding hydrogens is 309 g/mol. The third kappa shape index (κ3) is 4.58. The van der Waals surface area contributed by atoms with Crippen LogP contribution in [0.4, 0.5) is 13.2 Å². The number of benzene rings is 1. The lowest BCUT2D eigenvalue weighted by Gasteiger charge is -2.29. The first-order valence-electron chi connectivity index (χ1n) is 7.21. The molecule has 2 rings (SSSR count). The van der Waals surface area contributed by atoms with Crippen LogP contribution in [0.2, 0.25) is 0 Å². The minimum absolute atomic E-state index is 0.196. The van der Waals surface area contributed by atoms with Crippen molar-refractivity contribution in [3.05, 3.63) is 41.5 Å². The maximum atomic E-state index is 12.5. The van der Waals surface area contributed by atoms with Gasteiger partial charge in [-0.15, -0.1) is 0 Å². The summed E-state index contributed by atoms with van der Waals surface area (Å²) < 4.78 is 37.4. The lowest BCUT2D eigenvalue weighted by atomic mass is 9.96. The van der Waals surface area contributed by atoms with Crippen LogP contribution in [0.15, 0.2) is 30.3 Å². The predicted molar refractivity (Wildman–Crippen MR) is 79.0 cm³/mol. The fraction of sp³-hybridized carbons (Fsp3) is 0.375. The van der Waals surface area contributed by atoms with Gasteiger partial charge in [0.25, 0.3) is 0 Å². The van der Waals surface area contributed by atoms with Crippen molar-refractivity contribution in [1.82, 2.24) is 4.90 Å². The van der Waals surface area contributed by atoms with Crippen LogP contribution >= 0.6 is 0 Å². The molecule has 0 atom stereocenters. The first-order valence-corrected chi connectivity index (χ1v) is 7.21. The number of carbonyl (C=O) groups excluding carboxylic acids is 2. The Morgan fingerprint density at radius 2 is 1.70 bits per heavy atom. The van der Waals surface area contributed by atoms with Crippen molar-refractivity contribution in [1.29, 1.82) is 0 Å². The van der Waals surface area contributed by atoms with E-state index < -0.39 is 11.7 Å². The zero-order valence-electron chi connectivity index (χ0n) is 12.3. The van der Waals surface area contributed by atoms with E-state index in [1.165, 1.54) is 24.3 Å². The van der Waals surface area contributed by atoms with E-state index in [9.17, 15) is 22.8 Å². The van der Waals surface area contributed by atoms with Gasteiger partial charge in [-0.25, -0.2) is 0 Å². The maximum absolute atomic E-state index is 12.5. The van der Waals surface area contributed by atoms with Crippen LogP contribution in [0.1, 0.15) is 24.0 Å². The number of hydrogen-bond acceptors (Lipinski definition) is 2. The topological polar surface area (TPSA) is 63.4 Å². The summed E-state index contributed by atoms with van der Waals surface area (Å²) in [6, 6.07) is 4.57. The predicted octanol–water partition coefficient (Wildman–Crippen LogP) is 2.44. The van der Waals surface area contributed by atoms with E-state index in [1.54, 1.807) is 4.90 Å². The molecule has 1 aromatic rings. The molecule has 0 saturated carbocycles. The third-order valence-electron chi connectivity index (χ3n) is 3.87. The number of carbonyl (C=O) groups is 2. The molecule has 0 bridgehead atoms. The van der Waals surface area contributed by atoms with Crippen molar-refractivity contribution < 1.29 is 22.8 Å². The zero-order chi connectivity index (χ0) is 17.0. The van der Waals surface area contributed by atoms with Gasteiger partial charge in [-0.1, -0.05) is 12.1 Å². The first-order chi connectivity index (χ1) is 10.8. The van der Waals surface area contributed by atoms with Crippen molar-refractivity contribution in [3.8, 4) is 0 Å². The first kappa shape index (κ1) is 17.1. The zero-order valence-corrected chi connectivity index (χ0v) is 12.3. The number of hydrogen-bond donors (Lipinski definition) is 1. The summed E-state index contributed by atoms with van der Waals surface area (Å²) in [6.45, 7) is 0.896. The highest BCUT2D eigenvalue weighted by atomic mass is 19.4. The Morgan fingerprint density at radius 3 is 2.17 bits per heavy atom. The maximum Gasteiger partial charge on any atom is 0.416 e. The van der Waals surface area contributed by atoms with E-state index in [0.717, 1.165) is 12.1 Å². The van der Waals surface area contributed by atoms with Crippen LogP contribution in [0.25, 0.3) is 6.08 Å². The second-order valence-corrected chi connectivity index (χ2v) is 5.46. The standard InChI is InChI=1S/C16H17F3N2O2/c17-16(18,19)13-4-1-11(2-5-13)3-6-14(22)21-9-7-12(8-10-21)15(20)23/h1-6,12H,7-10H2,(H2,20,23). The molecule has 1 aliphatic rings. The van der Waals surface area contributed by atoms with Crippen molar-refractivity contribution in [2.45, 2.75) is 19.0 Å². The lowest BCUT2D eigenvalue weighted by Crippen LogP contribution is -2.41. The minimum atomic E-state index is -4.37. The molecule has 0 unspecified atom stereocenters. The average Bonchev–Trinajstić information content (AvgIpc) is 2.52. The summed E-state index contributed by atoms with van der Waals surface area (Å²) in [5, 5.41) is 0. The van der Waals surface area contributed by atoms with Gasteiger partial charge in [0.2, 0.25) is 11.8 Å². The Morgan fingerprint density at radius 1 is 1.13 bits per heavy atom. The summed E-state index contributed by atoms with van der Waals surface area (Å²) in [6.07, 6.45) is -0.497. The Labute approximate surface area is 131 Å². The Balaban J connectivity index is 1.93. The molecular formula is C16H17F3N2O2. The van der Waals surface area contributed by atoms with Crippen molar-refractivity contribution >= 4 is 17.9 Å². The molecule has 7 heteroatoms. The number of amides is 2. The summed E-state index contributed by atoms with van der Waals surface area (Å²) in [5.41, 5.74) is 5.01. The number of piperidine rings is 1. The second-order valence-electron chi connectivity index (χ2n) is 5.46. The van der Waals surface area contributed by atoms with E-state index in [0.29, 0.717) is 31.5 Å². The molecule has 23 heavy (non-hydrogen) atoms. The van der Waals surface area contributed by atoms with Crippen LogP contribution in [0.5, 0.6) is 0 Å². The van der Waals surface area contributed by atoms with E-state index in [1.807, 2.05) is 0 Å². The monoisotopic (exact) mass is 326 g/mol. The molecule has 2 N–H and O–H groups in total. The second kappa shape index (κ2) is 6.85. The highest BCUT2D eigenvalue weighted by Gasteiger charge is 2.29. The quantitative estimate of drug-likeness (QED) is 0.867. The third-order valence-corrected chi connectivity index (χ3v) is 3.87. The van der Waals surface area contributed by atoms with Crippen molar-refractivity contribution in [3.63, 3.8) is 0 Å². The lowest BCUT2D eigenvalue weighted by molar-refractivity contribution is -0.137. The van der Waals surface area contributed by atoms with Crippen LogP contribution in [0.3, 0.4) is 0 Å². The number of alkyl halides is 3. The molecule has 1 fully saturated rings. The van der Waals surface area contributed by atoms with Gasteiger partial charge in [-0.2, -0.15) is 13.2 Å². The van der Waals surface area contributed by atoms with Gasteiger partial charge in [0.15, 0.2) is 0 Å². The molecule has 0 spiro atoms. The van der Waals surface area contributed by atoms with Crippen molar-refractivity contribution in [2.75, 3.05) is 13.1 Å². The Hall–Kier alpha value is -2.31. The number of nitrogens with zero attached hydrogens (tertiary/aromatic N) is 1. The Bertz CT molecular complexity index is 601. The van der Waals surface area contributed by atoms with Crippen LogP contribution < -0.4 is 5.73 Å². The molecule has 0 aliphatic carbocycles. The molecule has 1 heterocycles. The molecule has 0 radical (unpaired) electrons. The number of halogens is 3. The van der Waals surface area contributed by atoms with Gasteiger partial charge >= 0.3 is 6.18 Å². The van der Waals surface area contributed by atoms with E-state index >= 15 is 0 Å². The summed E-state index contributed by atoms with van der Waals surface area (Å²) in [7, 11) is 0. The fourth-order valence-corrected chi connectivity index (χ4v) is 2.44. The van der Waals surface area contributed by atoms with E-state index in [4.69, 9.17) is 5.73 Å². The number of nitrogens with two attached hydrogens (primary N) is 1. The number of likely N-dealkylation sites (tertiary alicyclic amines) is 1. The van der Waals surface area contributed by atoms with E-state index in [2.05, 4.69) is 0 Å². The van der Waals surface area contributed by atoms with Crippen LogP contribution in [-0.4, -0.2) is 29.8 Å². The summed E-state index contributed by atoms with van der Waals surface area (Å²) >= 11 is 0. The summed E-state index contributed by atoms with van der Waals surface area (Å²) in [5.74, 6) is -0.775. The van der Waals surface area contributed by atoms with Crippen LogP contribution in [-0.2, 0) is 15.8 Å². The number of rotatable bonds is 3. The smallest absolute Gasteiger partial charge is 0.369 e. The molecule has 2 amide bonds. The van der Waals surface area contributed by atoms with Crippen LogP contribution in [0, 0.1) is 5.92 Å².